The Morgan fingerprint density at radius 3 is 2.53 bits per heavy atom. The van der Waals surface area contributed by atoms with Crippen LogP contribution in [0.5, 0.6) is 0 Å². The maximum Gasteiger partial charge on any atom is 0.416 e. The molecule has 1 heterocycles. The Morgan fingerprint density at radius 1 is 1.07 bits per heavy atom. The van der Waals surface area contributed by atoms with E-state index in [2.05, 4.69) is 21.6 Å². The molecule has 0 bridgehead atoms. The third kappa shape index (κ3) is 7.00. The van der Waals surface area contributed by atoms with Gasteiger partial charge in [0.05, 0.1) is 5.56 Å². The molecule has 1 aliphatic carbocycles. The minimum Gasteiger partial charge on any atom is -0.335 e. The van der Waals surface area contributed by atoms with Crippen molar-refractivity contribution < 1.29 is 22.4 Å². The van der Waals surface area contributed by atoms with E-state index in [0.717, 1.165) is 57.5 Å². The summed E-state index contributed by atoms with van der Waals surface area (Å²) in [5, 5.41) is 5.11. The van der Waals surface area contributed by atoms with Gasteiger partial charge in [-0.2, -0.15) is 13.2 Å². The van der Waals surface area contributed by atoms with Crippen LogP contribution in [0, 0.1) is 5.82 Å². The Balaban J connectivity index is 1.46. The summed E-state index contributed by atoms with van der Waals surface area (Å²) in [5.41, 5.74) is 0.161. The van der Waals surface area contributed by atoms with E-state index in [9.17, 15) is 22.4 Å². The molecule has 166 valence electrons. The predicted molar refractivity (Wildman–Crippen MR) is 109 cm³/mol. The molecule has 0 saturated carbocycles. The zero-order chi connectivity index (χ0) is 21.6. The molecule has 4 nitrogen and oxygen atoms in total. The molecule has 1 aliphatic heterocycles. The molecule has 2 N–H and O–H groups in total. The third-order valence-electron chi connectivity index (χ3n) is 5.72. The summed E-state index contributed by atoms with van der Waals surface area (Å²) in [6.45, 7) is 2.70. The van der Waals surface area contributed by atoms with E-state index >= 15 is 0 Å². The lowest BCUT2D eigenvalue weighted by molar-refractivity contribution is -0.137. The highest BCUT2D eigenvalue weighted by Gasteiger charge is 2.31. The SMILES string of the molecule is O=C(Nc1cc(F)cc(C(F)(F)F)c1)NC1CCN(C/C2=C/CCCCCC2)CC1. The van der Waals surface area contributed by atoms with Gasteiger partial charge in [-0.05, 0) is 56.7 Å². The quantitative estimate of drug-likeness (QED) is 0.477. The number of carbonyl (C=O) groups excluding carboxylic acids is 1. The van der Waals surface area contributed by atoms with E-state index in [1.165, 1.54) is 31.3 Å². The number of nitrogens with zero attached hydrogens (tertiary/aromatic N) is 1. The van der Waals surface area contributed by atoms with Crippen LogP contribution in [0.15, 0.2) is 29.8 Å². The molecule has 2 amide bonds. The van der Waals surface area contributed by atoms with Crippen LogP contribution in [0.4, 0.5) is 28.0 Å². The van der Waals surface area contributed by atoms with Crippen molar-refractivity contribution >= 4 is 11.7 Å². The number of nitrogens with one attached hydrogen (secondary N) is 2. The predicted octanol–water partition coefficient (Wildman–Crippen LogP) is 5.71. The number of carbonyl (C=O) groups is 1. The number of anilines is 1. The highest BCUT2D eigenvalue weighted by Crippen LogP contribution is 2.31. The summed E-state index contributed by atoms with van der Waals surface area (Å²) in [7, 11) is 0. The lowest BCUT2D eigenvalue weighted by Crippen LogP contribution is -2.46. The van der Waals surface area contributed by atoms with Crippen LogP contribution in [0.25, 0.3) is 0 Å². The maximum absolute atomic E-state index is 13.5. The second-order valence-corrected chi connectivity index (χ2v) is 8.19. The molecule has 0 spiro atoms. The Hall–Kier alpha value is -2.09. The number of hydrogen-bond acceptors (Lipinski definition) is 2. The molecular formula is C22H29F4N3O. The minimum atomic E-state index is -4.67. The molecule has 2 aliphatic rings. The van der Waals surface area contributed by atoms with Gasteiger partial charge in [-0.25, -0.2) is 9.18 Å². The highest BCUT2D eigenvalue weighted by atomic mass is 19.4. The van der Waals surface area contributed by atoms with Crippen molar-refractivity contribution in [3.05, 3.63) is 41.2 Å². The number of amides is 2. The van der Waals surface area contributed by atoms with Crippen molar-refractivity contribution in [2.75, 3.05) is 25.0 Å². The van der Waals surface area contributed by atoms with E-state index in [0.29, 0.717) is 6.07 Å². The van der Waals surface area contributed by atoms with E-state index in [-0.39, 0.29) is 11.7 Å². The summed E-state index contributed by atoms with van der Waals surface area (Å²) >= 11 is 0. The molecule has 0 aromatic heterocycles. The zero-order valence-electron chi connectivity index (χ0n) is 17.0. The maximum atomic E-state index is 13.5. The van der Waals surface area contributed by atoms with Crippen molar-refractivity contribution in [3.63, 3.8) is 0 Å². The largest absolute Gasteiger partial charge is 0.416 e. The first-order valence-corrected chi connectivity index (χ1v) is 10.6. The number of alkyl halides is 3. The van der Waals surface area contributed by atoms with Gasteiger partial charge in [0, 0.05) is 31.4 Å². The molecule has 0 atom stereocenters. The molecule has 3 rings (SSSR count). The average Bonchev–Trinajstić information content (AvgIpc) is 2.64. The third-order valence-corrected chi connectivity index (χ3v) is 5.72. The van der Waals surface area contributed by atoms with Crippen molar-refractivity contribution in [3.8, 4) is 0 Å². The number of hydrogen-bond donors (Lipinski definition) is 2. The Morgan fingerprint density at radius 2 is 1.80 bits per heavy atom. The molecule has 1 aromatic rings. The van der Waals surface area contributed by atoms with Crippen molar-refractivity contribution in [1.82, 2.24) is 10.2 Å². The van der Waals surface area contributed by atoms with Crippen LogP contribution < -0.4 is 10.6 Å². The van der Waals surface area contributed by atoms with Crippen LogP contribution in [0.1, 0.15) is 56.9 Å². The number of piperidine rings is 1. The number of benzene rings is 1. The van der Waals surface area contributed by atoms with Gasteiger partial charge in [-0.3, -0.25) is 4.90 Å². The van der Waals surface area contributed by atoms with E-state index < -0.39 is 23.6 Å². The fourth-order valence-corrected chi connectivity index (χ4v) is 4.10. The van der Waals surface area contributed by atoms with E-state index in [4.69, 9.17) is 0 Å². The standard InChI is InChI=1S/C22H29F4N3O/c23-18-12-17(22(24,25)26)13-20(14-18)28-21(30)27-19-8-10-29(11-9-19)15-16-6-4-2-1-3-5-7-16/h6,12-14,19H,1-5,7-11,15H2,(H2,27,28,30)/b16-6+. The van der Waals surface area contributed by atoms with E-state index in [1.807, 2.05) is 0 Å². The topological polar surface area (TPSA) is 44.4 Å². The zero-order valence-corrected chi connectivity index (χ0v) is 17.0. The molecule has 0 unspecified atom stereocenters. The lowest BCUT2D eigenvalue weighted by atomic mass is 9.98. The van der Waals surface area contributed by atoms with Crippen molar-refractivity contribution in [1.29, 1.82) is 0 Å². The first-order valence-electron chi connectivity index (χ1n) is 10.6. The first kappa shape index (κ1) is 22.6. The van der Waals surface area contributed by atoms with Gasteiger partial charge in [0.15, 0.2) is 0 Å². The Labute approximate surface area is 174 Å². The number of allylic oxidation sites excluding steroid dienone is 1. The van der Waals surface area contributed by atoms with Crippen LogP contribution in [-0.4, -0.2) is 36.6 Å². The molecular weight excluding hydrogens is 398 g/mol. The second-order valence-electron chi connectivity index (χ2n) is 8.19. The van der Waals surface area contributed by atoms with Crippen LogP contribution in [0.3, 0.4) is 0 Å². The fourth-order valence-electron chi connectivity index (χ4n) is 4.10. The summed E-state index contributed by atoms with van der Waals surface area (Å²) < 4.78 is 51.9. The molecule has 0 radical (unpaired) electrons. The average molecular weight is 427 g/mol. The van der Waals surface area contributed by atoms with E-state index in [1.54, 1.807) is 0 Å². The first-order chi connectivity index (χ1) is 14.3. The number of urea groups is 1. The molecule has 8 heteroatoms. The fraction of sp³-hybridized carbons (Fsp3) is 0.591. The Bertz CT molecular complexity index is 755. The van der Waals surface area contributed by atoms with Gasteiger partial charge >= 0.3 is 12.2 Å². The van der Waals surface area contributed by atoms with Crippen LogP contribution in [-0.2, 0) is 6.18 Å². The van der Waals surface area contributed by atoms with Gasteiger partial charge in [-0.1, -0.05) is 24.5 Å². The van der Waals surface area contributed by atoms with Crippen molar-refractivity contribution in [2.45, 2.75) is 63.6 Å². The lowest BCUT2D eigenvalue weighted by Gasteiger charge is -2.33. The van der Waals surface area contributed by atoms with Crippen molar-refractivity contribution in [2.24, 2.45) is 0 Å². The normalized spacial score (nSPS) is 21.3. The molecule has 1 aromatic carbocycles. The molecule has 1 fully saturated rings. The smallest absolute Gasteiger partial charge is 0.335 e. The minimum absolute atomic E-state index is 0.0526. The highest BCUT2D eigenvalue weighted by molar-refractivity contribution is 5.89. The Kier molecular flexibility index (Phi) is 7.75. The van der Waals surface area contributed by atoms with Crippen LogP contribution in [0.2, 0.25) is 0 Å². The number of halogens is 4. The number of rotatable bonds is 4. The van der Waals surface area contributed by atoms with Gasteiger partial charge in [0.2, 0.25) is 0 Å². The summed E-state index contributed by atoms with van der Waals surface area (Å²) in [4.78, 5) is 14.6. The van der Waals surface area contributed by atoms with Gasteiger partial charge in [0.25, 0.3) is 0 Å². The molecule has 1 saturated heterocycles. The summed E-state index contributed by atoms with van der Waals surface area (Å²) in [6, 6.07) is 1.34. The summed E-state index contributed by atoms with van der Waals surface area (Å²) in [5.74, 6) is -1.04. The number of likely N-dealkylation sites (tertiary alicyclic amines) is 1. The van der Waals surface area contributed by atoms with Gasteiger partial charge < -0.3 is 10.6 Å². The molecule has 30 heavy (non-hydrogen) atoms. The monoisotopic (exact) mass is 427 g/mol. The summed E-state index contributed by atoms with van der Waals surface area (Å²) in [6.07, 6.45) is 6.71. The van der Waals surface area contributed by atoms with Crippen LogP contribution >= 0.6 is 0 Å². The van der Waals surface area contributed by atoms with Gasteiger partial charge in [0.1, 0.15) is 5.82 Å². The van der Waals surface area contributed by atoms with Gasteiger partial charge in [-0.15, -0.1) is 0 Å². The second kappa shape index (κ2) is 10.3.